The number of nitrogens with one attached hydrogen (secondary N) is 2. The lowest BCUT2D eigenvalue weighted by atomic mass is 10.2. The van der Waals surface area contributed by atoms with Gasteiger partial charge >= 0.3 is 6.03 Å². The van der Waals surface area contributed by atoms with E-state index in [2.05, 4.69) is 10.6 Å². The number of hydrogen-bond acceptors (Lipinski definition) is 2. The van der Waals surface area contributed by atoms with Gasteiger partial charge in [-0.25, -0.2) is 4.79 Å². The number of carbonyl (C=O) groups is 1. The molecule has 80 valence electrons. The van der Waals surface area contributed by atoms with E-state index in [1.54, 1.807) is 0 Å². The number of urea groups is 1. The van der Waals surface area contributed by atoms with Crippen LogP contribution in [0, 0.1) is 0 Å². The number of likely N-dealkylation sites (N-methyl/N-ethyl adjacent to an activating group) is 1. The molecule has 0 aromatic carbocycles. The van der Waals surface area contributed by atoms with Crippen molar-refractivity contribution in [3.63, 3.8) is 0 Å². The second kappa shape index (κ2) is 4.17. The Bertz CT molecular complexity index is 213. The summed E-state index contributed by atoms with van der Waals surface area (Å²) in [6.07, 6.45) is 4.95. The lowest BCUT2D eigenvalue weighted by Crippen LogP contribution is -2.36. The van der Waals surface area contributed by atoms with E-state index in [1.165, 1.54) is 25.7 Å². The van der Waals surface area contributed by atoms with Gasteiger partial charge in [0, 0.05) is 19.1 Å². The van der Waals surface area contributed by atoms with Crippen LogP contribution >= 0.6 is 0 Å². The molecule has 0 radical (unpaired) electrons. The lowest BCUT2D eigenvalue weighted by Gasteiger charge is -2.22. The smallest absolute Gasteiger partial charge is 0.318 e. The molecule has 2 aliphatic rings. The summed E-state index contributed by atoms with van der Waals surface area (Å²) in [6, 6.07) is 0.946. The molecule has 1 aliphatic heterocycles. The van der Waals surface area contributed by atoms with E-state index in [1.807, 2.05) is 11.9 Å². The zero-order valence-corrected chi connectivity index (χ0v) is 8.75. The van der Waals surface area contributed by atoms with Gasteiger partial charge in [0.15, 0.2) is 0 Å². The molecule has 0 aromatic heterocycles. The number of hydrogen-bond donors (Lipinski definition) is 2. The highest BCUT2D eigenvalue weighted by atomic mass is 16.2. The van der Waals surface area contributed by atoms with Crippen molar-refractivity contribution in [1.29, 1.82) is 0 Å². The third kappa shape index (κ3) is 1.85. The van der Waals surface area contributed by atoms with Crippen molar-refractivity contribution in [3.05, 3.63) is 0 Å². The zero-order chi connectivity index (χ0) is 9.97. The van der Waals surface area contributed by atoms with Crippen molar-refractivity contribution in [2.24, 2.45) is 0 Å². The molecular formula is C10H19N3O. The maximum atomic E-state index is 11.6. The fourth-order valence-corrected chi connectivity index (χ4v) is 2.52. The Morgan fingerprint density at radius 2 is 2.21 bits per heavy atom. The van der Waals surface area contributed by atoms with Crippen molar-refractivity contribution >= 4 is 6.03 Å². The van der Waals surface area contributed by atoms with Gasteiger partial charge in [-0.3, -0.25) is 0 Å². The normalized spacial score (nSPS) is 28.5. The Balaban J connectivity index is 1.90. The van der Waals surface area contributed by atoms with E-state index in [4.69, 9.17) is 0 Å². The molecule has 2 N–H and O–H groups in total. The van der Waals surface area contributed by atoms with E-state index in [0.717, 1.165) is 13.1 Å². The SMILES string of the molecule is CNCC1CN(C2CCCC2)C(=O)N1. The molecule has 1 unspecified atom stereocenters. The zero-order valence-electron chi connectivity index (χ0n) is 8.75. The minimum Gasteiger partial charge on any atom is -0.332 e. The summed E-state index contributed by atoms with van der Waals surface area (Å²) in [5, 5.41) is 6.11. The molecule has 4 nitrogen and oxygen atoms in total. The molecule has 0 spiro atoms. The van der Waals surface area contributed by atoms with Crippen molar-refractivity contribution in [3.8, 4) is 0 Å². The molecular weight excluding hydrogens is 178 g/mol. The Morgan fingerprint density at radius 1 is 1.50 bits per heavy atom. The summed E-state index contributed by atoms with van der Waals surface area (Å²) in [6.45, 7) is 1.75. The lowest BCUT2D eigenvalue weighted by molar-refractivity contribution is 0.198. The standard InChI is InChI=1S/C10H19N3O/c1-11-6-8-7-13(10(14)12-8)9-4-2-3-5-9/h8-9,11H,2-7H2,1H3,(H,12,14). The van der Waals surface area contributed by atoms with Crippen LogP contribution in [-0.2, 0) is 0 Å². The van der Waals surface area contributed by atoms with Crippen LogP contribution in [0.3, 0.4) is 0 Å². The number of rotatable bonds is 3. The van der Waals surface area contributed by atoms with Crippen LogP contribution in [0.5, 0.6) is 0 Å². The highest BCUT2D eigenvalue weighted by molar-refractivity contribution is 5.77. The van der Waals surface area contributed by atoms with Crippen molar-refractivity contribution in [1.82, 2.24) is 15.5 Å². The van der Waals surface area contributed by atoms with Gasteiger partial charge < -0.3 is 15.5 Å². The number of amides is 2. The van der Waals surface area contributed by atoms with Crippen LogP contribution in [0.2, 0.25) is 0 Å². The van der Waals surface area contributed by atoms with E-state index < -0.39 is 0 Å². The summed E-state index contributed by atoms with van der Waals surface area (Å²) < 4.78 is 0. The van der Waals surface area contributed by atoms with Crippen LogP contribution in [0.1, 0.15) is 25.7 Å². The number of carbonyl (C=O) groups excluding carboxylic acids is 1. The van der Waals surface area contributed by atoms with Crippen LogP contribution in [-0.4, -0.2) is 43.2 Å². The highest BCUT2D eigenvalue weighted by Crippen LogP contribution is 2.25. The molecule has 1 saturated carbocycles. The fourth-order valence-electron chi connectivity index (χ4n) is 2.52. The Kier molecular flexibility index (Phi) is 2.91. The predicted molar refractivity (Wildman–Crippen MR) is 55.2 cm³/mol. The van der Waals surface area contributed by atoms with Gasteiger partial charge in [-0.1, -0.05) is 12.8 Å². The average Bonchev–Trinajstić information content (AvgIpc) is 2.74. The topological polar surface area (TPSA) is 44.4 Å². The molecule has 2 rings (SSSR count). The van der Waals surface area contributed by atoms with E-state index in [0.29, 0.717) is 12.1 Å². The van der Waals surface area contributed by atoms with Crippen LogP contribution in [0.15, 0.2) is 0 Å². The van der Waals surface area contributed by atoms with Crippen molar-refractivity contribution in [2.45, 2.75) is 37.8 Å². The summed E-state index contributed by atoms with van der Waals surface area (Å²) >= 11 is 0. The molecule has 4 heteroatoms. The van der Waals surface area contributed by atoms with Crippen LogP contribution in [0.25, 0.3) is 0 Å². The summed E-state index contributed by atoms with van der Waals surface area (Å²) in [5.74, 6) is 0. The highest BCUT2D eigenvalue weighted by Gasteiger charge is 2.34. The predicted octanol–water partition coefficient (Wildman–Crippen LogP) is 0.542. The van der Waals surface area contributed by atoms with Gasteiger partial charge in [0.05, 0.1) is 6.04 Å². The summed E-state index contributed by atoms with van der Waals surface area (Å²) in [7, 11) is 1.92. The molecule has 1 saturated heterocycles. The van der Waals surface area contributed by atoms with Crippen LogP contribution in [0.4, 0.5) is 4.79 Å². The van der Waals surface area contributed by atoms with Crippen molar-refractivity contribution in [2.75, 3.05) is 20.1 Å². The Labute approximate surface area is 85.0 Å². The maximum Gasteiger partial charge on any atom is 0.318 e. The monoisotopic (exact) mass is 197 g/mol. The molecule has 1 atom stereocenters. The van der Waals surface area contributed by atoms with Crippen molar-refractivity contribution < 1.29 is 4.79 Å². The largest absolute Gasteiger partial charge is 0.332 e. The number of nitrogens with zero attached hydrogens (tertiary/aromatic N) is 1. The first-order valence-electron chi connectivity index (χ1n) is 5.53. The molecule has 14 heavy (non-hydrogen) atoms. The second-order valence-corrected chi connectivity index (χ2v) is 4.29. The molecule has 0 bridgehead atoms. The molecule has 0 aromatic rings. The van der Waals surface area contributed by atoms with Gasteiger partial charge in [0.2, 0.25) is 0 Å². The minimum absolute atomic E-state index is 0.136. The first-order chi connectivity index (χ1) is 6.81. The Hall–Kier alpha value is -0.770. The summed E-state index contributed by atoms with van der Waals surface area (Å²) in [5.41, 5.74) is 0. The van der Waals surface area contributed by atoms with Crippen LogP contribution < -0.4 is 10.6 Å². The van der Waals surface area contributed by atoms with E-state index in [-0.39, 0.29) is 6.03 Å². The first kappa shape index (κ1) is 9.77. The Morgan fingerprint density at radius 3 is 2.86 bits per heavy atom. The maximum absolute atomic E-state index is 11.6. The molecule has 2 fully saturated rings. The van der Waals surface area contributed by atoms with Gasteiger partial charge in [-0.2, -0.15) is 0 Å². The van der Waals surface area contributed by atoms with E-state index >= 15 is 0 Å². The fraction of sp³-hybridized carbons (Fsp3) is 0.900. The summed E-state index contributed by atoms with van der Waals surface area (Å²) in [4.78, 5) is 13.7. The molecule has 1 heterocycles. The second-order valence-electron chi connectivity index (χ2n) is 4.29. The van der Waals surface area contributed by atoms with Gasteiger partial charge in [-0.05, 0) is 19.9 Å². The van der Waals surface area contributed by atoms with Gasteiger partial charge in [-0.15, -0.1) is 0 Å². The molecule has 2 amide bonds. The minimum atomic E-state index is 0.136. The quantitative estimate of drug-likeness (QED) is 0.693. The molecule has 1 aliphatic carbocycles. The average molecular weight is 197 g/mol. The third-order valence-corrected chi connectivity index (χ3v) is 3.22. The van der Waals surface area contributed by atoms with E-state index in [9.17, 15) is 4.79 Å². The van der Waals surface area contributed by atoms with Gasteiger partial charge in [0.25, 0.3) is 0 Å². The first-order valence-corrected chi connectivity index (χ1v) is 5.53. The van der Waals surface area contributed by atoms with Gasteiger partial charge in [0.1, 0.15) is 0 Å². The third-order valence-electron chi connectivity index (χ3n) is 3.22.